The van der Waals surface area contributed by atoms with Crippen LogP contribution in [0.15, 0.2) is 66.9 Å². The maximum atomic E-state index is 6.27. The Bertz CT molecular complexity index is 926. The molecule has 0 bridgehead atoms. The normalized spacial score (nSPS) is 17.3. The van der Waals surface area contributed by atoms with Crippen LogP contribution in [-0.2, 0) is 15.9 Å². The molecule has 3 aromatic rings. The van der Waals surface area contributed by atoms with Crippen LogP contribution in [0.4, 0.5) is 0 Å². The highest BCUT2D eigenvalue weighted by Gasteiger charge is 2.42. The average molecular weight is 329 g/mol. The molecule has 0 amide bonds. The Morgan fingerprint density at radius 2 is 1.40 bits per heavy atom. The van der Waals surface area contributed by atoms with Gasteiger partial charge in [0.25, 0.3) is 0 Å². The van der Waals surface area contributed by atoms with E-state index in [1.165, 1.54) is 22.3 Å². The molecule has 25 heavy (non-hydrogen) atoms. The van der Waals surface area contributed by atoms with E-state index in [-0.39, 0.29) is 11.2 Å². The zero-order valence-electron chi connectivity index (χ0n) is 15.2. The molecule has 0 unspecified atom stereocenters. The summed E-state index contributed by atoms with van der Waals surface area (Å²) in [5, 5.41) is 0. The molecular weight excluding hydrogens is 306 g/mol. The van der Waals surface area contributed by atoms with E-state index in [9.17, 15) is 0 Å². The molecule has 2 heteroatoms. The van der Waals surface area contributed by atoms with E-state index in [0.717, 1.165) is 11.3 Å². The van der Waals surface area contributed by atoms with Crippen LogP contribution < -0.4 is 0 Å². The average Bonchev–Trinajstić information content (AvgIpc) is 2.80. The SMILES string of the molecule is CC1(C)OC(C)(C)c2cc(-c3cc(-c4ccccc4)ccn3)ccc21. The first-order valence-corrected chi connectivity index (χ1v) is 8.74. The monoisotopic (exact) mass is 329 g/mol. The Labute approximate surface area is 149 Å². The fourth-order valence-corrected chi connectivity index (χ4v) is 3.87. The number of pyridine rings is 1. The molecule has 1 aromatic heterocycles. The Morgan fingerprint density at radius 1 is 0.680 bits per heavy atom. The predicted molar refractivity (Wildman–Crippen MR) is 102 cm³/mol. The third-order valence-electron chi connectivity index (χ3n) is 4.99. The van der Waals surface area contributed by atoms with Crippen LogP contribution in [-0.4, -0.2) is 4.98 Å². The van der Waals surface area contributed by atoms with Crippen molar-refractivity contribution >= 4 is 0 Å². The molecule has 0 fully saturated rings. The number of fused-ring (bicyclic) bond motifs is 1. The van der Waals surface area contributed by atoms with Crippen molar-refractivity contribution in [3.63, 3.8) is 0 Å². The van der Waals surface area contributed by atoms with Gasteiger partial charge in [0.05, 0.1) is 16.9 Å². The van der Waals surface area contributed by atoms with Gasteiger partial charge in [-0.3, -0.25) is 4.98 Å². The molecule has 2 nitrogen and oxygen atoms in total. The van der Waals surface area contributed by atoms with Gasteiger partial charge in [0, 0.05) is 11.8 Å². The number of hydrogen-bond acceptors (Lipinski definition) is 2. The zero-order chi connectivity index (χ0) is 17.7. The summed E-state index contributed by atoms with van der Waals surface area (Å²) in [6.07, 6.45) is 1.89. The van der Waals surface area contributed by atoms with Gasteiger partial charge < -0.3 is 4.74 Å². The molecular formula is C23H23NO. The molecule has 0 N–H and O–H groups in total. The van der Waals surface area contributed by atoms with Gasteiger partial charge in [-0.15, -0.1) is 0 Å². The summed E-state index contributed by atoms with van der Waals surface area (Å²) in [6.45, 7) is 8.54. The quantitative estimate of drug-likeness (QED) is 0.582. The van der Waals surface area contributed by atoms with Gasteiger partial charge in [-0.05, 0) is 68.1 Å². The summed E-state index contributed by atoms with van der Waals surface area (Å²) in [5.41, 5.74) is 6.49. The Hall–Kier alpha value is -2.45. The van der Waals surface area contributed by atoms with Gasteiger partial charge in [-0.2, -0.15) is 0 Å². The van der Waals surface area contributed by atoms with E-state index in [4.69, 9.17) is 4.74 Å². The van der Waals surface area contributed by atoms with Gasteiger partial charge in [0.1, 0.15) is 0 Å². The highest BCUT2D eigenvalue weighted by atomic mass is 16.5. The first-order valence-electron chi connectivity index (χ1n) is 8.74. The summed E-state index contributed by atoms with van der Waals surface area (Å²) in [6, 6.07) is 21.2. The van der Waals surface area contributed by atoms with Crippen molar-refractivity contribution in [3.05, 3.63) is 78.0 Å². The second-order valence-corrected chi connectivity index (χ2v) is 7.68. The molecule has 2 aromatic carbocycles. The summed E-state index contributed by atoms with van der Waals surface area (Å²) in [4.78, 5) is 4.60. The number of ether oxygens (including phenoxy) is 1. The van der Waals surface area contributed by atoms with Gasteiger partial charge in [0.15, 0.2) is 0 Å². The minimum atomic E-state index is -0.286. The third kappa shape index (κ3) is 2.77. The molecule has 0 radical (unpaired) electrons. The highest BCUT2D eigenvalue weighted by Crippen LogP contribution is 2.47. The lowest BCUT2D eigenvalue weighted by molar-refractivity contribution is -0.105. The highest BCUT2D eigenvalue weighted by molar-refractivity contribution is 5.71. The van der Waals surface area contributed by atoms with Crippen molar-refractivity contribution in [2.24, 2.45) is 0 Å². The van der Waals surface area contributed by atoms with E-state index in [2.05, 4.69) is 87.3 Å². The van der Waals surface area contributed by atoms with Crippen molar-refractivity contribution in [2.75, 3.05) is 0 Å². The summed E-state index contributed by atoms with van der Waals surface area (Å²) >= 11 is 0. The maximum Gasteiger partial charge on any atom is 0.0891 e. The van der Waals surface area contributed by atoms with E-state index < -0.39 is 0 Å². The molecule has 0 aliphatic carbocycles. The number of aromatic nitrogens is 1. The molecule has 126 valence electrons. The lowest BCUT2D eigenvalue weighted by Crippen LogP contribution is -2.22. The van der Waals surface area contributed by atoms with Crippen molar-refractivity contribution < 1.29 is 4.74 Å². The fraction of sp³-hybridized carbons (Fsp3) is 0.261. The maximum absolute atomic E-state index is 6.27. The first kappa shape index (κ1) is 16.0. The van der Waals surface area contributed by atoms with E-state index in [0.29, 0.717) is 0 Å². The minimum absolute atomic E-state index is 0.253. The second-order valence-electron chi connectivity index (χ2n) is 7.68. The van der Waals surface area contributed by atoms with Gasteiger partial charge in [0.2, 0.25) is 0 Å². The zero-order valence-corrected chi connectivity index (χ0v) is 15.2. The number of benzene rings is 2. The minimum Gasteiger partial charge on any atom is -0.360 e. The molecule has 2 heterocycles. The van der Waals surface area contributed by atoms with Crippen LogP contribution in [0.5, 0.6) is 0 Å². The predicted octanol–water partition coefficient (Wildman–Crippen LogP) is 5.92. The third-order valence-corrected chi connectivity index (χ3v) is 4.99. The molecule has 1 aliphatic rings. The van der Waals surface area contributed by atoms with Gasteiger partial charge >= 0.3 is 0 Å². The van der Waals surface area contributed by atoms with Crippen LogP contribution in [0, 0.1) is 0 Å². The van der Waals surface area contributed by atoms with E-state index >= 15 is 0 Å². The van der Waals surface area contributed by atoms with Crippen LogP contribution >= 0.6 is 0 Å². The summed E-state index contributed by atoms with van der Waals surface area (Å²) < 4.78 is 6.27. The van der Waals surface area contributed by atoms with Crippen molar-refractivity contribution in [1.82, 2.24) is 4.98 Å². The molecule has 0 saturated heterocycles. The van der Waals surface area contributed by atoms with Crippen LogP contribution in [0.2, 0.25) is 0 Å². The van der Waals surface area contributed by atoms with Gasteiger partial charge in [-0.25, -0.2) is 0 Å². The van der Waals surface area contributed by atoms with Crippen LogP contribution in [0.25, 0.3) is 22.4 Å². The van der Waals surface area contributed by atoms with Gasteiger partial charge in [-0.1, -0.05) is 42.5 Å². The van der Waals surface area contributed by atoms with Crippen LogP contribution in [0.1, 0.15) is 38.8 Å². The Morgan fingerprint density at radius 3 is 2.16 bits per heavy atom. The van der Waals surface area contributed by atoms with Crippen molar-refractivity contribution in [2.45, 2.75) is 38.9 Å². The number of hydrogen-bond donors (Lipinski definition) is 0. The number of nitrogens with zero attached hydrogens (tertiary/aromatic N) is 1. The van der Waals surface area contributed by atoms with Crippen molar-refractivity contribution in [1.29, 1.82) is 0 Å². The Kier molecular flexibility index (Phi) is 3.55. The number of rotatable bonds is 2. The largest absolute Gasteiger partial charge is 0.360 e. The van der Waals surface area contributed by atoms with E-state index in [1.54, 1.807) is 0 Å². The van der Waals surface area contributed by atoms with Crippen LogP contribution in [0.3, 0.4) is 0 Å². The molecule has 1 aliphatic heterocycles. The smallest absolute Gasteiger partial charge is 0.0891 e. The fourth-order valence-electron chi connectivity index (χ4n) is 3.87. The summed E-state index contributed by atoms with van der Waals surface area (Å²) in [7, 11) is 0. The second kappa shape index (κ2) is 5.53. The summed E-state index contributed by atoms with van der Waals surface area (Å²) in [5.74, 6) is 0. The lowest BCUT2D eigenvalue weighted by Gasteiger charge is -2.24. The topological polar surface area (TPSA) is 22.1 Å². The standard InChI is InChI=1S/C23H23NO/c1-22(2)19-11-10-18(14-20(19)23(3,4)25-22)21-15-17(12-13-24-21)16-8-6-5-7-9-16/h5-15H,1-4H3. The molecule has 0 spiro atoms. The Balaban J connectivity index is 1.80. The van der Waals surface area contributed by atoms with Crippen molar-refractivity contribution in [3.8, 4) is 22.4 Å². The lowest BCUT2D eigenvalue weighted by atomic mass is 9.88. The first-order chi connectivity index (χ1) is 11.9. The molecule has 4 rings (SSSR count). The molecule has 0 atom stereocenters. The molecule has 0 saturated carbocycles. The van der Waals surface area contributed by atoms with E-state index in [1.807, 2.05) is 12.3 Å².